The van der Waals surface area contributed by atoms with Gasteiger partial charge in [0.25, 0.3) is 11.5 Å². The zero-order chi connectivity index (χ0) is 25.8. The number of morpholine rings is 1. The van der Waals surface area contributed by atoms with Crippen molar-refractivity contribution in [1.82, 2.24) is 15.0 Å². The Morgan fingerprint density at radius 2 is 1.94 bits per heavy atom. The number of anilines is 1. The van der Waals surface area contributed by atoms with E-state index in [1.165, 1.54) is 13.2 Å². The fourth-order valence-corrected chi connectivity index (χ4v) is 4.02. The normalized spacial score (nSPS) is 13.6. The minimum absolute atomic E-state index is 0.00259. The molecule has 10 nitrogen and oxygen atoms in total. The fraction of sp³-hybridized carbons (Fsp3) is 0.333. The summed E-state index contributed by atoms with van der Waals surface area (Å²) in [5.74, 6) is -2.58. The number of esters is 1. The zero-order valence-electron chi connectivity index (χ0n) is 19.4. The molecule has 0 atom stereocenters. The number of aromatic nitrogens is 2. The molecule has 0 unspecified atom stereocenters. The number of carbonyl (C=O) groups is 2. The lowest BCUT2D eigenvalue weighted by atomic mass is 9.99. The number of methoxy groups -OCH3 is 1. The quantitative estimate of drug-likeness (QED) is 0.370. The van der Waals surface area contributed by atoms with E-state index in [0.29, 0.717) is 38.2 Å². The van der Waals surface area contributed by atoms with Crippen molar-refractivity contribution < 1.29 is 33.1 Å². The third-order valence-electron chi connectivity index (χ3n) is 5.92. The second-order valence-electron chi connectivity index (χ2n) is 8.11. The van der Waals surface area contributed by atoms with Gasteiger partial charge in [0, 0.05) is 43.1 Å². The van der Waals surface area contributed by atoms with Gasteiger partial charge in [-0.25, -0.2) is 13.8 Å². The lowest BCUT2D eigenvalue weighted by Gasteiger charge is -2.28. The summed E-state index contributed by atoms with van der Waals surface area (Å²) in [4.78, 5) is 44.4. The number of halogens is 2. The maximum absolute atomic E-state index is 14.0. The van der Waals surface area contributed by atoms with Gasteiger partial charge in [0.05, 0.1) is 20.3 Å². The average molecular weight is 502 g/mol. The molecule has 0 bridgehead atoms. The van der Waals surface area contributed by atoms with Crippen molar-refractivity contribution in [3.05, 3.63) is 69.0 Å². The number of hydrogen-bond donors (Lipinski definition) is 2. The second kappa shape index (κ2) is 10.7. The highest BCUT2D eigenvalue weighted by molar-refractivity contribution is 6.00. The highest BCUT2D eigenvalue weighted by Crippen LogP contribution is 2.24. The Kier molecular flexibility index (Phi) is 7.44. The summed E-state index contributed by atoms with van der Waals surface area (Å²) < 4.78 is 37.5. The van der Waals surface area contributed by atoms with Crippen LogP contribution in [0.15, 0.2) is 35.1 Å². The Morgan fingerprint density at radius 3 is 2.64 bits per heavy atom. The van der Waals surface area contributed by atoms with Gasteiger partial charge in [0.2, 0.25) is 0 Å². The van der Waals surface area contributed by atoms with Crippen LogP contribution in [0, 0.1) is 11.6 Å². The molecule has 1 fully saturated rings. The van der Waals surface area contributed by atoms with Crippen LogP contribution in [0.4, 0.5) is 14.6 Å². The molecule has 1 amide bonds. The summed E-state index contributed by atoms with van der Waals surface area (Å²) in [5.41, 5.74) is -1.36. The number of nitrogens with one attached hydrogen (secondary N) is 1. The molecule has 12 heteroatoms. The first-order chi connectivity index (χ1) is 17.3. The Hall–Kier alpha value is -4.06. The predicted octanol–water partition coefficient (Wildman–Crippen LogP) is 1.78. The minimum Gasteiger partial charge on any atom is -0.469 e. The number of amides is 1. The summed E-state index contributed by atoms with van der Waals surface area (Å²) in [6, 6.07) is 6.20. The van der Waals surface area contributed by atoms with Crippen molar-refractivity contribution in [3.8, 4) is 0 Å². The number of aryl methyl sites for hydroxylation is 1. The standard InChI is InChI=1S/C24H24F2N4O6/c1-35-20(31)7-5-16-17-4-6-19(29-8-10-36-11-9-29)28-22(17)30(34)24(33)21(16)23(32)27-13-14-2-3-15(25)12-18(14)26/h2-4,6,12,34H,5,7-11,13H2,1H3,(H,27,32). The molecule has 0 saturated carbocycles. The lowest BCUT2D eigenvalue weighted by molar-refractivity contribution is -0.140. The second-order valence-corrected chi connectivity index (χ2v) is 8.11. The lowest BCUT2D eigenvalue weighted by Crippen LogP contribution is -2.37. The van der Waals surface area contributed by atoms with Crippen molar-refractivity contribution in [2.45, 2.75) is 19.4 Å². The van der Waals surface area contributed by atoms with Crippen LogP contribution in [0.25, 0.3) is 11.0 Å². The molecule has 3 aromatic rings. The fourth-order valence-electron chi connectivity index (χ4n) is 4.02. The molecule has 2 aromatic heterocycles. The van der Waals surface area contributed by atoms with E-state index in [-0.39, 0.29) is 46.3 Å². The molecule has 1 saturated heterocycles. The zero-order valence-corrected chi connectivity index (χ0v) is 19.4. The molecule has 190 valence electrons. The largest absolute Gasteiger partial charge is 0.469 e. The van der Waals surface area contributed by atoms with Gasteiger partial charge in [-0.05, 0) is 30.2 Å². The van der Waals surface area contributed by atoms with Crippen LogP contribution in [-0.4, -0.2) is 60.2 Å². The van der Waals surface area contributed by atoms with Crippen molar-refractivity contribution in [3.63, 3.8) is 0 Å². The van der Waals surface area contributed by atoms with E-state index in [2.05, 4.69) is 15.0 Å². The molecular weight excluding hydrogens is 478 g/mol. The first-order valence-electron chi connectivity index (χ1n) is 11.2. The molecule has 1 aliphatic rings. The van der Waals surface area contributed by atoms with Gasteiger partial charge in [-0.3, -0.25) is 14.4 Å². The first-order valence-corrected chi connectivity index (χ1v) is 11.2. The number of nitrogens with zero attached hydrogens (tertiary/aromatic N) is 3. The van der Waals surface area contributed by atoms with Crippen molar-refractivity contribution in [1.29, 1.82) is 0 Å². The number of carbonyl (C=O) groups excluding carboxylic acids is 2. The number of hydrogen-bond acceptors (Lipinski definition) is 8. The molecule has 2 N–H and O–H groups in total. The minimum atomic E-state index is -1.05. The molecule has 4 rings (SSSR count). The van der Waals surface area contributed by atoms with Crippen LogP contribution in [-0.2, 0) is 27.2 Å². The summed E-state index contributed by atoms with van der Waals surface area (Å²) in [6.45, 7) is 1.82. The van der Waals surface area contributed by atoms with Crippen LogP contribution < -0.4 is 15.8 Å². The first kappa shape index (κ1) is 25.0. The summed E-state index contributed by atoms with van der Waals surface area (Å²) >= 11 is 0. The third-order valence-corrected chi connectivity index (χ3v) is 5.92. The third kappa shape index (κ3) is 5.13. The van der Waals surface area contributed by atoms with Crippen LogP contribution in [0.2, 0.25) is 0 Å². The molecule has 0 spiro atoms. The predicted molar refractivity (Wildman–Crippen MR) is 124 cm³/mol. The molecule has 1 aromatic carbocycles. The van der Waals surface area contributed by atoms with E-state index in [1.807, 2.05) is 4.90 Å². The van der Waals surface area contributed by atoms with Crippen LogP contribution in [0.1, 0.15) is 27.9 Å². The SMILES string of the molecule is COC(=O)CCc1c(C(=O)NCc2ccc(F)cc2F)c(=O)n(O)c2nc(N3CCOCC3)ccc12. The van der Waals surface area contributed by atoms with Gasteiger partial charge in [-0.15, -0.1) is 4.73 Å². The van der Waals surface area contributed by atoms with Gasteiger partial charge < -0.3 is 24.9 Å². The van der Waals surface area contributed by atoms with Crippen LogP contribution in [0.5, 0.6) is 0 Å². The van der Waals surface area contributed by atoms with Gasteiger partial charge in [0.1, 0.15) is 23.0 Å². The Balaban J connectivity index is 1.75. The van der Waals surface area contributed by atoms with Crippen molar-refractivity contribution in [2.24, 2.45) is 0 Å². The molecule has 0 radical (unpaired) electrons. The van der Waals surface area contributed by atoms with E-state index in [4.69, 9.17) is 4.74 Å². The van der Waals surface area contributed by atoms with Crippen molar-refractivity contribution in [2.75, 3.05) is 38.3 Å². The summed E-state index contributed by atoms with van der Waals surface area (Å²) in [5, 5.41) is 13.4. The number of fused-ring (bicyclic) bond motifs is 1. The van der Waals surface area contributed by atoms with E-state index in [0.717, 1.165) is 6.07 Å². The smallest absolute Gasteiger partial charge is 0.305 e. The maximum Gasteiger partial charge on any atom is 0.305 e. The van der Waals surface area contributed by atoms with Crippen molar-refractivity contribution >= 4 is 28.7 Å². The van der Waals surface area contributed by atoms with E-state index in [1.54, 1.807) is 12.1 Å². The van der Waals surface area contributed by atoms with Gasteiger partial charge >= 0.3 is 5.97 Å². The van der Waals surface area contributed by atoms with Gasteiger partial charge in [-0.1, -0.05) is 6.07 Å². The number of rotatable bonds is 7. The topological polar surface area (TPSA) is 123 Å². The van der Waals surface area contributed by atoms with Crippen LogP contribution in [0.3, 0.4) is 0 Å². The average Bonchev–Trinajstić information content (AvgIpc) is 2.89. The summed E-state index contributed by atoms with van der Waals surface area (Å²) in [7, 11) is 1.22. The Morgan fingerprint density at radius 1 is 1.19 bits per heavy atom. The van der Waals surface area contributed by atoms with E-state index < -0.39 is 34.6 Å². The van der Waals surface area contributed by atoms with Gasteiger partial charge in [0.15, 0.2) is 5.65 Å². The molecular formula is C24H24F2N4O6. The maximum atomic E-state index is 14.0. The van der Waals surface area contributed by atoms with E-state index in [9.17, 15) is 28.4 Å². The monoisotopic (exact) mass is 502 g/mol. The highest BCUT2D eigenvalue weighted by Gasteiger charge is 2.25. The number of ether oxygens (including phenoxy) is 2. The van der Waals surface area contributed by atoms with E-state index >= 15 is 0 Å². The molecule has 3 heterocycles. The Labute approximate surface area is 204 Å². The Bertz CT molecular complexity index is 1370. The molecule has 36 heavy (non-hydrogen) atoms. The molecule has 0 aliphatic carbocycles. The van der Waals surface area contributed by atoms with Gasteiger partial charge in [-0.2, -0.15) is 0 Å². The van der Waals surface area contributed by atoms with Crippen LogP contribution >= 0.6 is 0 Å². The number of benzene rings is 1. The molecule has 1 aliphatic heterocycles. The summed E-state index contributed by atoms with van der Waals surface area (Å²) in [6.07, 6.45) is -0.190. The number of pyridine rings is 2. The highest BCUT2D eigenvalue weighted by atomic mass is 19.1.